The smallest absolute Gasteiger partial charge is 0.224 e. The molecule has 0 saturated carbocycles. The summed E-state index contributed by atoms with van der Waals surface area (Å²) in [6.07, 6.45) is 1.81. The van der Waals surface area contributed by atoms with Crippen molar-refractivity contribution in [3.63, 3.8) is 0 Å². The third-order valence-electron chi connectivity index (χ3n) is 2.90. The lowest BCUT2D eigenvalue weighted by atomic mass is 10.3. The lowest BCUT2D eigenvalue weighted by molar-refractivity contribution is 0.412. The van der Waals surface area contributed by atoms with E-state index in [2.05, 4.69) is 22.2 Å². The SMILES string of the molecule is CCCNc1cc(Oc2ccc(OC)cc2)nc(CC)n1. The fraction of sp³-hybridized carbons (Fsp3) is 0.375. The van der Waals surface area contributed by atoms with Crippen molar-refractivity contribution < 1.29 is 9.47 Å². The molecule has 21 heavy (non-hydrogen) atoms. The molecular weight excluding hydrogens is 266 g/mol. The van der Waals surface area contributed by atoms with E-state index in [1.807, 2.05) is 37.3 Å². The van der Waals surface area contributed by atoms with E-state index in [0.29, 0.717) is 5.88 Å². The maximum absolute atomic E-state index is 5.79. The zero-order valence-electron chi connectivity index (χ0n) is 12.7. The highest BCUT2D eigenvalue weighted by molar-refractivity contribution is 5.40. The maximum atomic E-state index is 5.79. The predicted molar refractivity (Wildman–Crippen MR) is 83.3 cm³/mol. The van der Waals surface area contributed by atoms with Crippen LogP contribution in [0.1, 0.15) is 26.1 Å². The van der Waals surface area contributed by atoms with E-state index < -0.39 is 0 Å². The molecule has 0 fully saturated rings. The maximum Gasteiger partial charge on any atom is 0.224 e. The highest BCUT2D eigenvalue weighted by Crippen LogP contribution is 2.24. The number of hydrogen-bond donors (Lipinski definition) is 1. The van der Waals surface area contributed by atoms with Crippen LogP contribution in [0, 0.1) is 0 Å². The van der Waals surface area contributed by atoms with Crippen LogP contribution in [0.2, 0.25) is 0 Å². The van der Waals surface area contributed by atoms with Gasteiger partial charge in [-0.1, -0.05) is 13.8 Å². The number of aryl methyl sites for hydroxylation is 1. The second-order valence-electron chi connectivity index (χ2n) is 4.57. The van der Waals surface area contributed by atoms with Crippen LogP contribution in [0.15, 0.2) is 30.3 Å². The monoisotopic (exact) mass is 287 g/mol. The van der Waals surface area contributed by atoms with Crippen LogP contribution in [0.25, 0.3) is 0 Å². The second kappa shape index (κ2) is 7.47. The lowest BCUT2D eigenvalue weighted by Gasteiger charge is -2.10. The third kappa shape index (κ3) is 4.34. The first-order valence-corrected chi connectivity index (χ1v) is 7.19. The predicted octanol–water partition coefficient (Wildman–Crippen LogP) is 3.66. The number of ether oxygens (including phenoxy) is 2. The number of benzene rings is 1. The first kappa shape index (κ1) is 15.1. The van der Waals surface area contributed by atoms with E-state index in [-0.39, 0.29) is 0 Å². The Morgan fingerprint density at radius 1 is 1.05 bits per heavy atom. The minimum absolute atomic E-state index is 0.547. The summed E-state index contributed by atoms with van der Waals surface area (Å²) in [5.41, 5.74) is 0. The number of aromatic nitrogens is 2. The Labute approximate surface area is 125 Å². The fourth-order valence-corrected chi connectivity index (χ4v) is 1.79. The van der Waals surface area contributed by atoms with Gasteiger partial charge in [-0.25, -0.2) is 4.98 Å². The number of nitrogens with one attached hydrogen (secondary N) is 1. The van der Waals surface area contributed by atoms with Gasteiger partial charge in [0.2, 0.25) is 5.88 Å². The van der Waals surface area contributed by atoms with Gasteiger partial charge in [0, 0.05) is 19.0 Å². The summed E-state index contributed by atoms with van der Waals surface area (Å²) >= 11 is 0. The molecular formula is C16H21N3O2. The van der Waals surface area contributed by atoms with Crippen LogP contribution in [0.3, 0.4) is 0 Å². The van der Waals surface area contributed by atoms with Gasteiger partial charge in [-0.15, -0.1) is 0 Å². The van der Waals surface area contributed by atoms with Crippen molar-refractivity contribution in [3.05, 3.63) is 36.2 Å². The van der Waals surface area contributed by atoms with E-state index in [4.69, 9.17) is 9.47 Å². The van der Waals surface area contributed by atoms with Crippen molar-refractivity contribution in [1.29, 1.82) is 0 Å². The van der Waals surface area contributed by atoms with Gasteiger partial charge in [0.05, 0.1) is 7.11 Å². The van der Waals surface area contributed by atoms with E-state index in [1.165, 1.54) is 0 Å². The molecule has 1 aromatic carbocycles. The summed E-state index contributed by atoms with van der Waals surface area (Å²) in [4.78, 5) is 8.83. The minimum Gasteiger partial charge on any atom is -0.497 e. The molecule has 2 aromatic rings. The fourth-order valence-electron chi connectivity index (χ4n) is 1.79. The molecule has 0 amide bonds. The number of anilines is 1. The van der Waals surface area contributed by atoms with Crippen LogP contribution in [0.4, 0.5) is 5.82 Å². The summed E-state index contributed by atoms with van der Waals surface area (Å²) in [5, 5.41) is 3.26. The molecule has 0 unspecified atom stereocenters. The van der Waals surface area contributed by atoms with E-state index in [0.717, 1.165) is 42.5 Å². The number of rotatable bonds is 7. The quantitative estimate of drug-likeness (QED) is 0.842. The van der Waals surface area contributed by atoms with Crippen molar-refractivity contribution in [3.8, 4) is 17.4 Å². The Bertz CT molecular complexity index is 570. The molecule has 0 radical (unpaired) electrons. The minimum atomic E-state index is 0.547. The second-order valence-corrected chi connectivity index (χ2v) is 4.57. The zero-order chi connectivity index (χ0) is 15.1. The summed E-state index contributed by atoms with van der Waals surface area (Å²) in [7, 11) is 1.64. The molecule has 1 aromatic heterocycles. The average molecular weight is 287 g/mol. The van der Waals surface area contributed by atoms with E-state index >= 15 is 0 Å². The Kier molecular flexibility index (Phi) is 5.37. The molecule has 0 bridgehead atoms. The van der Waals surface area contributed by atoms with Crippen molar-refractivity contribution in [2.45, 2.75) is 26.7 Å². The van der Waals surface area contributed by atoms with Crippen LogP contribution < -0.4 is 14.8 Å². The van der Waals surface area contributed by atoms with Gasteiger partial charge in [-0.3, -0.25) is 0 Å². The van der Waals surface area contributed by atoms with Crippen molar-refractivity contribution in [2.75, 3.05) is 19.0 Å². The van der Waals surface area contributed by atoms with Crippen LogP contribution in [0.5, 0.6) is 17.4 Å². The first-order valence-electron chi connectivity index (χ1n) is 7.19. The normalized spacial score (nSPS) is 10.2. The van der Waals surface area contributed by atoms with Gasteiger partial charge < -0.3 is 14.8 Å². The number of nitrogens with zero attached hydrogens (tertiary/aromatic N) is 2. The highest BCUT2D eigenvalue weighted by Gasteiger charge is 2.06. The number of methoxy groups -OCH3 is 1. The summed E-state index contributed by atoms with van der Waals surface area (Å²) in [6.45, 7) is 5.02. The first-order chi connectivity index (χ1) is 10.2. The number of hydrogen-bond acceptors (Lipinski definition) is 5. The summed E-state index contributed by atoms with van der Waals surface area (Å²) in [5.74, 6) is 3.63. The lowest BCUT2D eigenvalue weighted by Crippen LogP contribution is -2.05. The van der Waals surface area contributed by atoms with Gasteiger partial charge in [0.25, 0.3) is 0 Å². The molecule has 0 spiro atoms. The van der Waals surface area contributed by atoms with E-state index in [1.54, 1.807) is 7.11 Å². The van der Waals surface area contributed by atoms with Gasteiger partial charge >= 0.3 is 0 Å². The van der Waals surface area contributed by atoms with Crippen molar-refractivity contribution in [1.82, 2.24) is 9.97 Å². The molecule has 2 rings (SSSR count). The highest BCUT2D eigenvalue weighted by atomic mass is 16.5. The van der Waals surface area contributed by atoms with Crippen molar-refractivity contribution in [2.24, 2.45) is 0 Å². The van der Waals surface area contributed by atoms with Crippen LogP contribution in [-0.2, 0) is 6.42 Å². The molecule has 1 N–H and O–H groups in total. The van der Waals surface area contributed by atoms with Gasteiger partial charge in [-0.05, 0) is 30.7 Å². The largest absolute Gasteiger partial charge is 0.497 e. The molecule has 0 atom stereocenters. The third-order valence-corrected chi connectivity index (χ3v) is 2.90. The molecule has 1 heterocycles. The van der Waals surface area contributed by atoms with Gasteiger partial charge in [-0.2, -0.15) is 4.98 Å². The molecule has 5 nitrogen and oxygen atoms in total. The molecule has 5 heteroatoms. The van der Waals surface area contributed by atoms with Crippen LogP contribution >= 0.6 is 0 Å². The molecule has 0 saturated heterocycles. The zero-order valence-corrected chi connectivity index (χ0v) is 12.7. The molecule has 0 aliphatic heterocycles. The van der Waals surface area contributed by atoms with E-state index in [9.17, 15) is 0 Å². The topological polar surface area (TPSA) is 56.3 Å². The van der Waals surface area contributed by atoms with Crippen LogP contribution in [-0.4, -0.2) is 23.6 Å². The summed E-state index contributed by atoms with van der Waals surface area (Å²) < 4.78 is 10.9. The Hall–Kier alpha value is -2.30. The molecule has 0 aliphatic rings. The molecule has 0 aliphatic carbocycles. The average Bonchev–Trinajstić information content (AvgIpc) is 2.53. The summed E-state index contributed by atoms with van der Waals surface area (Å²) in [6, 6.07) is 9.23. The van der Waals surface area contributed by atoms with Gasteiger partial charge in [0.1, 0.15) is 23.1 Å². The Morgan fingerprint density at radius 2 is 1.76 bits per heavy atom. The molecule has 112 valence electrons. The van der Waals surface area contributed by atoms with Gasteiger partial charge in [0.15, 0.2) is 0 Å². The standard InChI is InChI=1S/C16H21N3O2/c1-4-10-17-15-11-16(19-14(5-2)18-15)21-13-8-6-12(20-3)7-9-13/h6-9,11H,4-5,10H2,1-3H3,(H,17,18,19). The Balaban J connectivity index is 2.16. The Morgan fingerprint density at radius 3 is 2.38 bits per heavy atom. The van der Waals surface area contributed by atoms with Crippen molar-refractivity contribution >= 4 is 5.82 Å².